The Hall–Kier alpha value is -0.410. The molecule has 1 heterocycles. The van der Waals surface area contributed by atoms with Crippen molar-refractivity contribution in [3.05, 3.63) is 0 Å². The number of carbonyl (C=O) groups is 1. The van der Waals surface area contributed by atoms with Gasteiger partial charge in [-0.15, -0.1) is 0 Å². The first-order valence-electron chi connectivity index (χ1n) is 5.58. The summed E-state index contributed by atoms with van der Waals surface area (Å²) in [5.41, 5.74) is 0. The molecule has 0 aliphatic carbocycles. The van der Waals surface area contributed by atoms with Crippen molar-refractivity contribution in [1.82, 2.24) is 4.90 Å². The fourth-order valence-electron chi connectivity index (χ4n) is 1.85. The van der Waals surface area contributed by atoms with Crippen molar-refractivity contribution >= 4 is 5.78 Å². The Balaban J connectivity index is 1.99. The number of ketones is 1. The second-order valence-electron chi connectivity index (χ2n) is 4.23. The van der Waals surface area contributed by atoms with Crippen molar-refractivity contribution in [2.75, 3.05) is 19.6 Å². The van der Waals surface area contributed by atoms with Crippen molar-refractivity contribution in [3.63, 3.8) is 0 Å². The molecule has 14 heavy (non-hydrogen) atoms. The van der Waals surface area contributed by atoms with Crippen molar-refractivity contribution in [2.45, 2.75) is 45.1 Å². The second kappa shape index (κ2) is 6.14. The van der Waals surface area contributed by atoms with Gasteiger partial charge in [-0.1, -0.05) is 0 Å². The average molecular weight is 199 g/mol. The van der Waals surface area contributed by atoms with E-state index in [4.69, 9.17) is 0 Å². The lowest BCUT2D eigenvalue weighted by molar-refractivity contribution is -0.117. The SMILES string of the molecule is CC(=O)CCCCN1CCC(O)CC1. The number of hydrogen-bond acceptors (Lipinski definition) is 3. The molecule has 0 saturated carbocycles. The Morgan fingerprint density at radius 3 is 2.57 bits per heavy atom. The summed E-state index contributed by atoms with van der Waals surface area (Å²) >= 11 is 0. The van der Waals surface area contributed by atoms with Crippen molar-refractivity contribution in [1.29, 1.82) is 0 Å². The number of unbranched alkanes of at least 4 members (excludes halogenated alkanes) is 1. The highest BCUT2D eigenvalue weighted by Gasteiger charge is 2.15. The van der Waals surface area contributed by atoms with Crippen LogP contribution in [0, 0.1) is 0 Å². The lowest BCUT2D eigenvalue weighted by Gasteiger charge is -2.29. The van der Waals surface area contributed by atoms with Crippen LogP contribution in [-0.4, -0.2) is 41.5 Å². The first-order chi connectivity index (χ1) is 6.68. The largest absolute Gasteiger partial charge is 0.393 e. The number of aliphatic hydroxyl groups excluding tert-OH is 1. The molecule has 0 unspecified atom stereocenters. The standard InChI is InChI=1S/C11H21NO2/c1-10(13)4-2-3-7-12-8-5-11(14)6-9-12/h11,14H,2-9H2,1H3. The first-order valence-corrected chi connectivity index (χ1v) is 5.58. The van der Waals surface area contributed by atoms with Gasteiger partial charge in [0.1, 0.15) is 5.78 Å². The number of piperidine rings is 1. The zero-order valence-electron chi connectivity index (χ0n) is 9.04. The van der Waals surface area contributed by atoms with Gasteiger partial charge in [0.2, 0.25) is 0 Å². The Labute approximate surface area is 86.1 Å². The average Bonchev–Trinajstić information content (AvgIpc) is 2.15. The molecule has 0 amide bonds. The van der Waals surface area contributed by atoms with Gasteiger partial charge < -0.3 is 14.8 Å². The minimum absolute atomic E-state index is 0.0801. The van der Waals surface area contributed by atoms with E-state index >= 15 is 0 Å². The molecule has 0 atom stereocenters. The number of nitrogens with zero attached hydrogens (tertiary/aromatic N) is 1. The van der Waals surface area contributed by atoms with Crippen molar-refractivity contribution in [2.24, 2.45) is 0 Å². The second-order valence-corrected chi connectivity index (χ2v) is 4.23. The molecule has 0 spiro atoms. The van der Waals surface area contributed by atoms with E-state index in [0.29, 0.717) is 5.78 Å². The summed E-state index contributed by atoms with van der Waals surface area (Å²) < 4.78 is 0. The zero-order chi connectivity index (χ0) is 10.4. The lowest BCUT2D eigenvalue weighted by atomic mass is 10.1. The molecule has 1 N–H and O–H groups in total. The molecule has 1 aliphatic heterocycles. The van der Waals surface area contributed by atoms with Gasteiger partial charge in [0.05, 0.1) is 6.10 Å². The van der Waals surface area contributed by atoms with E-state index in [0.717, 1.165) is 51.7 Å². The number of carbonyl (C=O) groups excluding carboxylic acids is 1. The maximum absolute atomic E-state index is 10.7. The van der Waals surface area contributed by atoms with Gasteiger partial charge in [-0.05, 0) is 39.2 Å². The fraction of sp³-hybridized carbons (Fsp3) is 0.909. The van der Waals surface area contributed by atoms with Crippen molar-refractivity contribution in [3.8, 4) is 0 Å². The topological polar surface area (TPSA) is 40.5 Å². The van der Waals surface area contributed by atoms with Gasteiger partial charge in [0.15, 0.2) is 0 Å². The van der Waals surface area contributed by atoms with Crippen molar-refractivity contribution < 1.29 is 9.90 Å². The van der Waals surface area contributed by atoms with Crippen LogP contribution in [0.3, 0.4) is 0 Å². The molecular formula is C11H21NO2. The van der Waals surface area contributed by atoms with Gasteiger partial charge in [-0.2, -0.15) is 0 Å². The Bertz CT molecular complexity index is 174. The van der Waals surface area contributed by atoms with E-state index < -0.39 is 0 Å². The quantitative estimate of drug-likeness (QED) is 0.676. The Morgan fingerprint density at radius 1 is 1.36 bits per heavy atom. The Morgan fingerprint density at radius 2 is 2.00 bits per heavy atom. The van der Waals surface area contributed by atoms with Crippen LogP contribution in [0.5, 0.6) is 0 Å². The molecule has 1 fully saturated rings. The fourth-order valence-corrected chi connectivity index (χ4v) is 1.85. The third-order valence-electron chi connectivity index (χ3n) is 2.81. The van der Waals surface area contributed by atoms with Crippen LogP contribution in [-0.2, 0) is 4.79 Å². The minimum Gasteiger partial charge on any atom is -0.393 e. The summed E-state index contributed by atoms with van der Waals surface area (Å²) in [6.07, 6.45) is 4.57. The first kappa shape index (κ1) is 11.7. The van der Waals surface area contributed by atoms with Gasteiger partial charge in [-0.3, -0.25) is 0 Å². The smallest absolute Gasteiger partial charge is 0.129 e. The van der Waals surface area contributed by atoms with Crippen LogP contribution < -0.4 is 0 Å². The third-order valence-corrected chi connectivity index (χ3v) is 2.81. The monoisotopic (exact) mass is 199 g/mol. The third kappa shape index (κ3) is 4.72. The van der Waals surface area contributed by atoms with Gasteiger partial charge in [0.25, 0.3) is 0 Å². The van der Waals surface area contributed by atoms with Crippen LogP contribution in [0.1, 0.15) is 39.0 Å². The summed E-state index contributed by atoms with van der Waals surface area (Å²) in [6, 6.07) is 0. The molecule has 82 valence electrons. The number of Topliss-reactive ketones (excluding diaryl/α,β-unsaturated/α-hetero) is 1. The van der Waals surface area contributed by atoms with Crippen LogP contribution in [0.15, 0.2) is 0 Å². The molecule has 1 rings (SSSR count). The van der Waals surface area contributed by atoms with E-state index in [2.05, 4.69) is 4.90 Å². The summed E-state index contributed by atoms with van der Waals surface area (Å²) in [5.74, 6) is 0.291. The molecule has 3 nitrogen and oxygen atoms in total. The molecule has 1 aliphatic rings. The number of hydrogen-bond donors (Lipinski definition) is 1. The molecule has 0 aromatic rings. The molecule has 0 radical (unpaired) electrons. The van der Waals surface area contributed by atoms with Gasteiger partial charge in [0, 0.05) is 19.5 Å². The molecular weight excluding hydrogens is 178 g/mol. The summed E-state index contributed by atoms with van der Waals surface area (Å²) in [5, 5.41) is 9.30. The van der Waals surface area contributed by atoms with E-state index in [1.54, 1.807) is 6.92 Å². The summed E-state index contributed by atoms with van der Waals surface area (Å²) in [4.78, 5) is 13.1. The Kier molecular flexibility index (Phi) is 5.12. The van der Waals surface area contributed by atoms with Crippen LogP contribution >= 0.6 is 0 Å². The normalized spacial score (nSPS) is 19.9. The zero-order valence-corrected chi connectivity index (χ0v) is 9.04. The van der Waals surface area contributed by atoms with Crippen LogP contribution in [0.2, 0.25) is 0 Å². The highest BCUT2D eigenvalue weighted by molar-refractivity contribution is 5.75. The highest BCUT2D eigenvalue weighted by Crippen LogP contribution is 2.10. The van der Waals surface area contributed by atoms with E-state index in [1.165, 1.54) is 0 Å². The van der Waals surface area contributed by atoms with E-state index in [1.807, 2.05) is 0 Å². The molecule has 0 aromatic carbocycles. The van der Waals surface area contributed by atoms with Gasteiger partial charge >= 0.3 is 0 Å². The molecule has 0 aromatic heterocycles. The van der Waals surface area contributed by atoms with Crippen LogP contribution in [0.4, 0.5) is 0 Å². The summed E-state index contributed by atoms with van der Waals surface area (Å²) in [6.45, 7) is 4.76. The predicted molar refractivity (Wildman–Crippen MR) is 56.2 cm³/mol. The van der Waals surface area contributed by atoms with Gasteiger partial charge in [-0.25, -0.2) is 0 Å². The number of rotatable bonds is 5. The lowest BCUT2D eigenvalue weighted by Crippen LogP contribution is -2.36. The number of likely N-dealkylation sites (tertiary alicyclic amines) is 1. The predicted octanol–water partition coefficient (Wildman–Crippen LogP) is 1.20. The molecule has 3 heteroatoms. The van der Waals surface area contributed by atoms with E-state index in [-0.39, 0.29) is 6.10 Å². The molecule has 1 saturated heterocycles. The number of aliphatic hydroxyl groups is 1. The van der Waals surface area contributed by atoms with Crippen LogP contribution in [0.25, 0.3) is 0 Å². The maximum Gasteiger partial charge on any atom is 0.129 e. The minimum atomic E-state index is -0.0801. The van der Waals surface area contributed by atoms with E-state index in [9.17, 15) is 9.90 Å². The maximum atomic E-state index is 10.7. The summed E-state index contributed by atoms with van der Waals surface area (Å²) in [7, 11) is 0. The molecule has 0 bridgehead atoms. The highest BCUT2D eigenvalue weighted by atomic mass is 16.3.